The zero-order valence-corrected chi connectivity index (χ0v) is 10.2. The van der Waals surface area contributed by atoms with E-state index in [9.17, 15) is 0 Å². The van der Waals surface area contributed by atoms with Crippen LogP contribution in [0.4, 0.5) is 0 Å². The van der Waals surface area contributed by atoms with Crippen LogP contribution in [-0.2, 0) is 5.41 Å². The molecule has 0 atom stereocenters. The van der Waals surface area contributed by atoms with Gasteiger partial charge in [-0.3, -0.25) is 0 Å². The second-order valence-corrected chi connectivity index (χ2v) is 5.60. The molecule has 0 unspecified atom stereocenters. The van der Waals surface area contributed by atoms with Crippen LogP contribution in [0.1, 0.15) is 24.8 Å². The lowest BCUT2D eigenvalue weighted by Crippen LogP contribution is -2.74. The van der Waals surface area contributed by atoms with Gasteiger partial charge in [0.2, 0.25) is 0 Å². The molecule has 0 aliphatic heterocycles. The maximum Gasteiger partial charge on any atom is 0.0179 e. The summed E-state index contributed by atoms with van der Waals surface area (Å²) in [5.41, 5.74) is 8.17. The molecule has 0 aromatic heterocycles. The van der Waals surface area contributed by atoms with Gasteiger partial charge in [0.15, 0.2) is 0 Å². The van der Waals surface area contributed by atoms with Crippen molar-refractivity contribution in [2.45, 2.75) is 30.2 Å². The monoisotopic (exact) mass is 273 g/mol. The highest BCUT2D eigenvalue weighted by Gasteiger charge is 2.66. The molecular formula is C11H13BrClN. The van der Waals surface area contributed by atoms with Gasteiger partial charge >= 0.3 is 0 Å². The number of hydrogen-bond acceptors (Lipinski definition) is 1. The van der Waals surface area contributed by atoms with Gasteiger partial charge < -0.3 is 5.73 Å². The van der Waals surface area contributed by atoms with Crippen LogP contribution in [0.2, 0.25) is 0 Å². The molecule has 3 fully saturated rings. The molecule has 3 saturated carbocycles. The highest BCUT2D eigenvalue weighted by molar-refractivity contribution is 9.10. The van der Waals surface area contributed by atoms with E-state index in [4.69, 9.17) is 5.73 Å². The Bertz CT molecular complexity index is 358. The molecule has 3 aliphatic rings. The molecule has 3 heteroatoms. The standard InChI is InChI=1S/C11H12BrN.ClH/c12-9-3-1-2-8(4-9)10-5-11(13,6-10)7-10;/h1-4H,5-7,13H2;1H. The summed E-state index contributed by atoms with van der Waals surface area (Å²) in [5, 5.41) is 0. The highest BCUT2D eigenvalue weighted by atomic mass is 79.9. The fraction of sp³-hybridized carbons (Fsp3) is 0.455. The lowest BCUT2D eigenvalue weighted by atomic mass is 9.38. The molecule has 2 bridgehead atoms. The second kappa shape index (κ2) is 2.97. The molecule has 0 amide bonds. The minimum absolute atomic E-state index is 0. The van der Waals surface area contributed by atoms with Crippen molar-refractivity contribution < 1.29 is 0 Å². The molecule has 1 aromatic carbocycles. The zero-order valence-electron chi connectivity index (χ0n) is 7.79. The number of halogens is 2. The third-order valence-electron chi connectivity index (χ3n) is 3.51. The van der Waals surface area contributed by atoms with Gasteiger partial charge in [-0.25, -0.2) is 0 Å². The fourth-order valence-electron chi connectivity index (χ4n) is 2.99. The largest absolute Gasteiger partial charge is 0.325 e. The van der Waals surface area contributed by atoms with Crippen LogP contribution in [0, 0.1) is 0 Å². The predicted molar refractivity (Wildman–Crippen MR) is 63.8 cm³/mol. The van der Waals surface area contributed by atoms with Gasteiger partial charge in [-0.15, -0.1) is 12.4 Å². The molecule has 2 N–H and O–H groups in total. The third-order valence-corrected chi connectivity index (χ3v) is 4.00. The van der Waals surface area contributed by atoms with Crippen molar-refractivity contribution in [3.63, 3.8) is 0 Å². The summed E-state index contributed by atoms with van der Waals surface area (Å²) in [7, 11) is 0. The first-order valence-electron chi connectivity index (χ1n) is 4.67. The topological polar surface area (TPSA) is 26.0 Å². The summed E-state index contributed by atoms with van der Waals surface area (Å²) in [6.07, 6.45) is 3.57. The van der Waals surface area contributed by atoms with Crippen LogP contribution in [0.25, 0.3) is 0 Å². The predicted octanol–water partition coefficient (Wildman–Crippen LogP) is 3.00. The van der Waals surface area contributed by atoms with Gasteiger partial charge in [0.1, 0.15) is 0 Å². The Kier molecular flexibility index (Phi) is 2.22. The Hall–Kier alpha value is -0.0500. The number of nitrogens with two attached hydrogens (primary N) is 1. The molecule has 0 saturated heterocycles. The van der Waals surface area contributed by atoms with Gasteiger partial charge in [0, 0.05) is 15.4 Å². The SMILES string of the molecule is Cl.NC12CC(c3cccc(Br)c3)(C1)C2. The van der Waals surface area contributed by atoms with Crippen molar-refractivity contribution >= 4 is 28.3 Å². The van der Waals surface area contributed by atoms with Gasteiger partial charge in [-0.1, -0.05) is 28.1 Å². The molecule has 76 valence electrons. The Morgan fingerprint density at radius 2 is 1.86 bits per heavy atom. The molecular weight excluding hydrogens is 261 g/mol. The van der Waals surface area contributed by atoms with E-state index >= 15 is 0 Å². The van der Waals surface area contributed by atoms with Gasteiger partial charge in [0.05, 0.1) is 0 Å². The first-order valence-corrected chi connectivity index (χ1v) is 5.46. The van der Waals surface area contributed by atoms with E-state index in [0.717, 1.165) is 0 Å². The number of benzene rings is 1. The van der Waals surface area contributed by atoms with Crippen LogP contribution >= 0.6 is 28.3 Å². The van der Waals surface area contributed by atoms with Crippen molar-refractivity contribution in [1.82, 2.24) is 0 Å². The smallest absolute Gasteiger partial charge is 0.0179 e. The van der Waals surface area contributed by atoms with Crippen molar-refractivity contribution in [2.75, 3.05) is 0 Å². The lowest BCUT2D eigenvalue weighted by molar-refractivity contribution is -0.0590. The van der Waals surface area contributed by atoms with E-state index in [0.29, 0.717) is 5.41 Å². The molecule has 0 radical (unpaired) electrons. The third kappa shape index (κ3) is 1.24. The Morgan fingerprint density at radius 3 is 2.36 bits per heavy atom. The van der Waals surface area contributed by atoms with Crippen molar-refractivity contribution in [1.29, 1.82) is 0 Å². The molecule has 3 aliphatic carbocycles. The lowest BCUT2D eigenvalue weighted by Gasteiger charge is -2.69. The molecule has 14 heavy (non-hydrogen) atoms. The van der Waals surface area contributed by atoms with E-state index < -0.39 is 0 Å². The van der Waals surface area contributed by atoms with Crippen LogP contribution < -0.4 is 5.73 Å². The van der Waals surface area contributed by atoms with Crippen LogP contribution in [0.15, 0.2) is 28.7 Å². The van der Waals surface area contributed by atoms with Crippen LogP contribution in [-0.4, -0.2) is 5.54 Å². The highest BCUT2D eigenvalue weighted by Crippen LogP contribution is 2.66. The van der Waals surface area contributed by atoms with Gasteiger partial charge in [-0.05, 0) is 37.0 Å². The summed E-state index contributed by atoms with van der Waals surface area (Å²) in [5.74, 6) is 0. The van der Waals surface area contributed by atoms with Crippen molar-refractivity contribution in [3.05, 3.63) is 34.3 Å². The average molecular weight is 275 g/mol. The van der Waals surface area contributed by atoms with E-state index in [1.807, 2.05) is 0 Å². The average Bonchev–Trinajstić information content (AvgIpc) is 1.97. The number of rotatable bonds is 1. The number of hydrogen-bond donors (Lipinski definition) is 1. The maximum atomic E-state index is 6.04. The maximum absolute atomic E-state index is 6.04. The first kappa shape index (κ1) is 10.5. The van der Waals surface area contributed by atoms with E-state index in [1.54, 1.807) is 0 Å². The minimum atomic E-state index is 0. The van der Waals surface area contributed by atoms with E-state index in [2.05, 4.69) is 40.2 Å². The minimum Gasteiger partial charge on any atom is -0.325 e. The van der Waals surface area contributed by atoms with Gasteiger partial charge in [0.25, 0.3) is 0 Å². The normalized spacial score (nSPS) is 37.9. The Balaban J connectivity index is 0.000000750. The first-order chi connectivity index (χ1) is 6.12. The summed E-state index contributed by atoms with van der Waals surface area (Å²) >= 11 is 3.51. The summed E-state index contributed by atoms with van der Waals surface area (Å²) < 4.78 is 1.18. The van der Waals surface area contributed by atoms with E-state index in [-0.39, 0.29) is 17.9 Å². The quantitative estimate of drug-likeness (QED) is 0.837. The summed E-state index contributed by atoms with van der Waals surface area (Å²) in [6.45, 7) is 0. The molecule has 1 nitrogen and oxygen atoms in total. The summed E-state index contributed by atoms with van der Waals surface area (Å²) in [6, 6.07) is 8.65. The van der Waals surface area contributed by atoms with Crippen LogP contribution in [0.5, 0.6) is 0 Å². The molecule has 4 rings (SSSR count). The Labute approximate surface area is 98.6 Å². The molecule has 0 heterocycles. The molecule has 1 aromatic rings. The van der Waals surface area contributed by atoms with Gasteiger partial charge in [-0.2, -0.15) is 0 Å². The second-order valence-electron chi connectivity index (χ2n) is 4.68. The fourth-order valence-corrected chi connectivity index (χ4v) is 3.39. The van der Waals surface area contributed by atoms with Crippen molar-refractivity contribution in [3.8, 4) is 0 Å². The molecule has 0 spiro atoms. The van der Waals surface area contributed by atoms with Crippen LogP contribution in [0.3, 0.4) is 0 Å². The van der Waals surface area contributed by atoms with Crippen molar-refractivity contribution in [2.24, 2.45) is 5.73 Å². The Morgan fingerprint density at radius 1 is 1.21 bits per heavy atom. The van der Waals surface area contributed by atoms with E-state index in [1.165, 1.54) is 29.3 Å². The zero-order chi connectivity index (χ0) is 9.10. The summed E-state index contributed by atoms with van der Waals surface area (Å²) in [4.78, 5) is 0.